The molecule has 0 bridgehead atoms. The van der Waals surface area contributed by atoms with E-state index in [-0.39, 0.29) is 17.8 Å². The van der Waals surface area contributed by atoms with E-state index >= 15 is 0 Å². The zero-order valence-electron chi connectivity index (χ0n) is 11.0. The van der Waals surface area contributed by atoms with Crippen molar-refractivity contribution >= 4 is 5.91 Å². The maximum Gasteiger partial charge on any atom is 0.230 e. The Bertz CT molecular complexity index is 436. The summed E-state index contributed by atoms with van der Waals surface area (Å²) in [7, 11) is 0. The number of carbonyl (C=O) groups is 1. The van der Waals surface area contributed by atoms with Crippen LogP contribution in [-0.4, -0.2) is 11.9 Å². The van der Waals surface area contributed by atoms with Gasteiger partial charge in [0.1, 0.15) is 5.82 Å². The zero-order chi connectivity index (χ0) is 13.2. The third-order valence-electron chi connectivity index (χ3n) is 3.69. The van der Waals surface area contributed by atoms with Gasteiger partial charge in [0.2, 0.25) is 5.91 Å². The first kappa shape index (κ1) is 13.1. The standard InChI is InChI=1S/C15H20FNO/c1-11(2)17-14(18)15(8-3-4-9-15)12-6-5-7-13(16)10-12/h5-7,10-11H,3-4,8-9H2,1-2H3,(H,17,18). The van der Waals surface area contributed by atoms with E-state index in [1.807, 2.05) is 19.9 Å². The molecule has 1 aromatic rings. The summed E-state index contributed by atoms with van der Waals surface area (Å²) >= 11 is 0. The van der Waals surface area contributed by atoms with Gasteiger partial charge in [-0.15, -0.1) is 0 Å². The molecule has 1 aliphatic carbocycles. The van der Waals surface area contributed by atoms with E-state index in [2.05, 4.69) is 5.32 Å². The minimum atomic E-state index is -0.521. The molecule has 0 atom stereocenters. The van der Waals surface area contributed by atoms with Crippen LogP contribution in [0.5, 0.6) is 0 Å². The first-order valence-electron chi connectivity index (χ1n) is 6.61. The first-order chi connectivity index (χ1) is 8.54. The molecule has 3 heteroatoms. The van der Waals surface area contributed by atoms with Gasteiger partial charge in [-0.1, -0.05) is 25.0 Å². The Labute approximate surface area is 108 Å². The van der Waals surface area contributed by atoms with Crippen molar-refractivity contribution < 1.29 is 9.18 Å². The van der Waals surface area contributed by atoms with Gasteiger partial charge in [0.25, 0.3) is 0 Å². The topological polar surface area (TPSA) is 29.1 Å². The molecule has 0 unspecified atom stereocenters. The van der Waals surface area contributed by atoms with Crippen LogP contribution in [0.3, 0.4) is 0 Å². The molecule has 2 rings (SSSR count). The third kappa shape index (κ3) is 2.40. The molecule has 0 saturated heterocycles. The summed E-state index contributed by atoms with van der Waals surface area (Å²) in [5.41, 5.74) is 0.296. The van der Waals surface area contributed by atoms with Crippen LogP contribution in [0.25, 0.3) is 0 Å². The molecule has 1 saturated carbocycles. The largest absolute Gasteiger partial charge is 0.353 e. The highest BCUT2D eigenvalue weighted by Gasteiger charge is 2.42. The fraction of sp³-hybridized carbons (Fsp3) is 0.533. The number of rotatable bonds is 3. The third-order valence-corrected chi connectivity index (χ3v) is 3.69. The highest BCUT2D eigenvalue weighted by atomic mass is 19.1. The van der Waals surface area contributed by atoms with Gasteiger partial charge in [0.05, 0.1) is 5.41 Å². The first-order valence-corrected chi connectivity index (χ1v) is 6.61. The normalized spacial score (nSPS) is 18.0. The molecule has 18 heavy (non-hydrogen) atoms. The predicted octanol–water partition coefficient (Wildman–Crippen LogP) is 3.16. The molecule has 2 nitrogen and oxygen atoms in total. The highest BCUT2D eigenvalue weighted by molar-refractivity contribution is 5.88. The fourth-order valence-electron chi connectivity index (χ4n) is 2.81. The molecule has 1 fully saturated rings. The summed E-state index contributed by atoms with van der Waals surface area (Å²) in [6, 6.07) is 6.60. The van der Waals surface area contributed by atoms with E-state index < -0.39 is 5.41 Å². The number of hydrogen-bond donors (Lipinski definition) is 1. The van der Waals surface area contributed by atoms with Gasteiger partial charge in [-0.2, -0.15) is 0 Å². The number of halogens is 1. The van der Waals surface area contributed by atoms with Crippen molar-refractivity contribution in [2.24, 2.45) is 0 Å². The molecular formula is C15H20FNO. The van der Waals surface area contributed by atoms with Gasteiger partial charge >= 0.3 is 0 Å². The Balaban J connectivity index is 2.35. The van der Waals surface area contributed by atoms with Gasteiger partial charge in [0.15, 0.2) is 0 Å². The smallest absolute Gasteiger partial charge is 0.230 e. The van der Waals surface area contributed by atoms with Crippen LogP contribution in [0.1, 0.15) is 45.1 Å². The van der Waals surface area contributed by atoms with Gasteiger partial charge < -0.3 is 5.32 Å². The zero-order valence-corrected chi connectivity index (χ0v) is 11.0. The highest BCUT2D eigenvalue weighted by Crippen LogP contribution is 2.41. The Morgan fingerprint density at radius 1 is 1.33 bits per heavy atom. The monoisotopic (exact) mass is 249 g/mol. The SMILES string of the molecule is CC(C)NC(=O)C1(c2cccc(F)c2)CCCC1. The van der Waals surface area contributed by atoms with Gasteiger partial charge in [0, 0.05) is 6.04 Å². The minimum absolute atomic E-state index is 0.0422. The second-order valence-electron chi connectivity index (χ2n) is 5.43. The molecule has 1 amide bonds. The molecular weight excluding hydrogens is 229 g/mol. The molecule has 0 spiro atoms. The second-order valence-corrected chi connectivity index (χ2v) is 5.43. The maximum absolute atomic E-state index is 13.4. The summed E-state index contributed by atoms with van der Waals surface area (Å²) in [4.78, 5) is 12.5. The second kappa shape index (κ2) is 5.09. The summed E-state index contributed by atoms with van der Waals surface area (Å²) in [6.45, 7) is 3.90. The molecule has 0 aliphatic heterocycles. The van der Waals surface area contributed by atoms with Crippen LogP contribution in [0.2, 0.25) is 0 Å². The Hall–Kier alpha value is -1.38. The van der Waals surface area contributed by atoms with Crippen molar-refractivity contribution in [2.45, 2.75) is 51.0 Å². The number of amides is 1. The van der Waals surface area contributed by atoms with Crippen LogP contribution in [0, 0.1) is 5.82 Å². The Kier molecular flexibility index (Phi) is 3.69. The van der Waals surface area contributed by atoms with E-state index in [1.165, 1.54) is 12.1 Å². The van der Waals surface area contributed by atoms with Crippen molar-refractivity contribution in [2.75, 3.05) is 0 Å². The quantitative estimate of drug-likeness (QED) is 0.876. The minimum Gasteiger partial charge on any atom is -0.353 e. The molecule has 0 aromatic heterocycles. The van der Waals surface area contributed by atoms with E-state index in [0.717, 1.165) is 31.2 Å². The number of hydrogen-bond acceptors (Lipinski definition) is 1. The lowest BCUT2D eigenvalue weighted by atomic mass is 9.78. The van der Waals surface area contributed by atoms with Crippen molar-refractivity contribution in [3.05, 3.63) is 35.6 Å². The molecule has 98 valence electrons. The van der Waals surface area contributed by atoms with E-state index in [1.54, 1.807) is 6.07 Å². The van der Waals surface area contributed by atoms with Crippen molar-refractivity contribution in [1.82, 2.24) is 5.32 Å². The lowest BCUT2D eigenvalue weighted by molar-refractivity contribution is -0.127. The number of benzene rings is 1. The van der Waals surface area contributed by atoms with Crippen LogP contribution in [0.4, 0.5) is 4.39 Å². The Morgan fingerprint density at radius 3 is 2.56 bits per heavy atom. The average Bonchev–Trinajstić information content (AvgIpc) is 2.78. The fourth-order valence-corrected chi connectivity index (χ4v) is 2.81. The summed E-state index contributed by atoms with van der Waals surface area (Å²) in [5, 5.41) is 2.98. The maximum atomic E-state index is 13.4. The molecule has 1 aliphatic rings. The number of nitrogens with one attached hydrogen (secondary N) is 1. The van der Waals surface area contributed by atoms with E-state index in [0.29, 0.717) is 0 Å². The predicted molar refractivity (Wildman–Crippen MR) is 69.8 cm³/mol. The molecule has 1 N–H and O–H groups in total. The lowest BCUT2D eigenvalue weighted by Gasteiger charge is -2.29. The average molecular weight is 249 g/mol. The van der Waals surface area contributed by atoms with Crippen molar-refractivity contribution in [3.8, 4) is 0 Å². The summed E-state index contributed by atoms with van der Waals surface area (Å²) < 4.78 is 13.4. The van der Waals surface area contributed by atoms with Crippen LogP contribution in [0.15, 0.2) is 24.3 Å². The lowest BCUT2D eigenvalue weighted by Crippen LogP contribution is -2.45. The van der Waals surface area contributed by atoms with Crippen LogP contribution < -0.4 is 5.32 Å². The summed E-state index contributed by atoms with van der Waals surface area (Å²) in [5.74, 6) is -0.225. The Morgan fingerprint density at radius 2 is 2.00 bits per heavy atom. The molecule has 0 radical (unpaired) electrons. The van der Waals surface area contributed by atoms with Crippen molar-refractivity contribution in [3.63, 3.8) is 0 Å². The van der Waals surface area contributed by atoms with Crippen molar-refractivity contribution in [1.29, 1.82) is 0 Å². The van der Waals surface area contributed by atoms with Gasteiger partial charge in [-0.25, -0.2) is 4.39 Å². The number of carbonyl (C=O) groups excluding carboxylic acids is 1. The van der Waals surface area contributed by atoms with E-state index in [4.69, 9.17) is 0 Å². The van der Waals surface area contributed by atoms with Gasteiger partial charge in [-0.3, -0.25) is 4.79 Å². The van der Waals surface area contributed by atoms with Gasteiger partial charge in [-0.05, 0) is 44.4 Å². The summed E-state index contributed by atoms with van der Waals surface area (Å²) in [6.07, 6.45) is 3.69. The molecule has 0 heterocycles. The molecule has 1 aromatic carbocycles. The van der Waals surface area contributed by atoms with Crippen LogP contribution in [-0.2, 0) is 10.2 Å². The van der Waals surface area contributed by atoms with E-state index in [9.17, 15) is 9.18 Å². The van der Waals surface area contributed by atoms with Crippen LogP contribution >= 0.6 is 0 Å².